The number of ether oxygens (including phenoxy) is 12. The van der Waals surface area contributed by atoms with Crippen molar-refractivity contribution in [3.05, 3.63) is 77.9 Å². The summed E-state index contributed by atoms with van der Waals surface area (Å²) in [5, 5.41) is 32.9. The van der Waals surface area contributed by atoms with Crippen molar-refractivity contribution in [3.8, 4) is 0 Å². The summed E-state index contributed by atoms with van der Waals surface area (Å²) in [6.07, 6.45) is -0.429. The van der Waals surface area contributed by atoms with Crippen molar-refractivity contribution in [2.75, 3.05) is 179 Å². The molecule has 2 aromatic rings. The molecular formula is C94H152N14O27. The molecule has 0 bridgehead atoms. The highest BCUT2D eigenvalue weighted by atomic mass is 16.6. The first-order valence-electron chi connectivity index (χ1n) is 47.1. The van der Waals surface area contributed by atoms with E-state index in [0.717, 1.165) is 9.80 Å². The van der Waals surface area contributed by atoms with Gasteiger partial charge in [-0.3, -0.25) is 62.5 Å². The van der Waals surface area contributed by atoms with Gasteiger partial charge in [0.25, 0.3) is 11.8 Å². The molecule has 0 aromatic heterocycles. The van der Waals surface area contributed by atoms with E-state index in [0.29, 0.717) is 142 Å². The summed E-state index contributed by atoms with van der Waals surface area (Å²) in [6, 6.07) is 6.51. The molecule has 41 nitrogen and oxygen atoms in total. The summed E-state index contributed by atoms with van der Waals surface area (Å²) in [5.74, 6) is -8.21. The molecule has 3 aliphatic rings. The van der Waals surface area contributed by atoms with Gasteiger partial charge in [0, 0.05) is 105 Å². The summed E-state index contributed by atoms with van der Waals surface area (Å²) in [4.78, 5) is 198. The Balaban J connectivity index is 1.13. The standard InChI is InChI=1S/C94H152N14O27/c1-16-64(8)83(74(125-14)58-79(113)106-41-24-28-72(106)85(126-15)65(9)86(115)99-66(10)84(114)68-25-19-17-20-26-68)104(11)91(120)81(62(4)5)103-90(119)82(63(6)7)105(12)94(123)134-60-67-30-32-69(33-31-67)100-87(116)71(27-23-37-97-92(95)121)101-89(118)80(61(2)3)102-88(117)73-57-70(59-108(73)76(110)29-21-18-22-40-107-77(111)34-35-78(107)112)135-93(122)98-38-36-75(109)96-39-42-127-45-46-129-49-50-131-53-54-133-56-55-132-52-51-130-48-47-128-44-43-124-13/h17,19-20,25-26,30-35,61-66,70-74,80-85,114H,16,18,21-24,27-29,36-60H2,1-15H3,(H,96,109)(H,98,122)(H,99,115)(H,100,116)(H,101,118)(H,102,117)(H,103,119)(H3,95,97,121)/t64-,65+,66+,70+,71?,72-,73?,74+,80-,81+,82-,83-,84+,85+/m0/s1. The number of nitrogens with two attached hydrogens (primary N) is 1. The number of likely N-dealkylation sites (tertiary alicyclic amines) is 2. The van der Waals surface area contributed by atoms with Crippen LogP contribution in [-0.2, 0) is 116 Å². The summed E-state index contributed by atoms with van der Waals surface area (Å²) < 4.78 is 66.8. The van der Waals surface area contributed by atoms with E-state index in [1.807, 2.05) is 32.0 Å². The number of carbonyl (C=O) groups excluding carboxylic acids is 14. The molecule has 5 rings (SSSR count). The predicted molar refractivity (Wildman–Crippen MR) is 497 cm³/mol. The lowest BCUT2D eigenvalue weighted by Gasteiger charge is -2.41. The summed E-state index contributed by atoms with van der Waals surface area (Å²) >= 11 is 0. The molecule has 3 heterocycles. The minimum Gasteiger partial charge on any atom is -0.445 e. The zero-order valence-electron chi connectivity index (χ0n) is 81.6. The fraction of sp³-hybridized carbons (Fsp3) is 0.702. The van der Waals surface area contributed by atoms with Crippen LogP contribution < -0.4 is 48.3 Å². The quantitative estimate of drug-likeness (QED) is 0.0330. The highest BCUT2D eigenvalue weighted by molar-refractivity contribution is 6.13. The van der Waals surface area contributed by atoms with Gasteiger partial charge in [-0.05, 0) is 92.4 Å². The van der Waals surface area contributed by atoms with Crippen LogP contribution in [0.5, 0.6) is 0 Å². The van der Waals surface area contributed by atoms with E-state index in [9.17, 15) is 72.2 Å². The number of anilines is 1. The van der Waals surface area contributed by atoms with Gasteiger partial charge in [-0.1, -0.05) is 118 Å². The smallest absolute Gasteiger partial charge is 0.410 e. The van der Waals surface area contributed by atoms with Gasteiger partial charge in [-0.15, -0.1) is 0 Å². The van der Waals surface area contributed by atoms with Gasteiger partial charge in [0.15, 0.2) is 0 Å². The van der Waals surface area contributed by atoms with Crippen molar-refractivity contribution in [3.63, 3.8) is 0 Å². The Hall–Kier alpha value is -10.1. The Labute approximate surface area is 794 Å². The second-order valence-corrected chi connectivity index (χ2v) is 34.8. The van der Waals surface area contributed by atoms with Gasteiger partial charge in [0.1, 0.15) is 42.9 Å². The Morgan fingerprint density at radius 2 is 1.16 bits per heavy atom. The highest BCUT2D eigenvalue weighted by Crippen LogP contribution is 2.32. The molecule has 41 heteroatoms. The van der Waals surface area contributed by atoms with E-state index >= 15 is 0 Å². The first-order valence-corrected chi connectivity index (χ1v) is 47.1. The van der Waals surface area contributed by atoms with E-state index in [2.05, 4.69) is 42.5 Å². The molecule has 2 unspecified atom stereocenters. The topological polar surface area (TPSA) is 508 Å². The van der Waals surface area contributed by atoms with Crippen molar-refractivity contribution in [1.29, 1.82) is 0 Å². The number of hydrogen-bond acceptors (Lipinski definition) is 27. The lowest BCUT2D eigenvalue weighted by Crippen LogP contribution is -2.60. The Kier molecular flexibility index (Phi) is 54.2. The molecule has 11 N–H and O–H groups in total. The van der Waals surface area contributed by atoms with Gasteiger partial charge in [-0.25, -0.2) is 14.4 Å². The lowest BCUT2D eigenvalue weighted by molar-refractivity contribution is -0.148. The first-order chi connectivity index (χ1) is 64.6. The number of carbonyl (C=O) groups is 14. The molecule has 15 amide bonds. The van der Waals surface area contributed by atoms with Crippen LogP contribution in [-0.4, -0.2) is 353 Å². The molecule has 0 aliphatic carbocycles. The zero-order chi connectivity index (χ0) is 99.5. The summed E-state index contributed by atoms with van der Waals surface area (Å²) in [5.41, 5.74) is 6.72. The molecule has 2 aromatic carbocycles. The van der Waals surface area contributed by atoms with Gasteiger partial charge < -0.3 is 125 Å². The van der Waals surface area contributed by atoms with Crippen LogP contribution in [0.1, 0.15) is 164 Å². The van der Waals surface area contributed by atoms with Gasteiger partial charge >= 0.3 is 18.2 Å². The lowest BCUT2D eigenvalue weighted by atomic mass is 9.89. The van der Waals surface area contributed by atoms with E-state index < -0.39 is 162 Å². The van der Waals surface area contributed by atoms with E-state index in [1.54, 1.807) is 98.7 Å². The number of aliphatic hydroxyl groups excluding tert-OH is 1. The molecule has 2 saturated heterocycles. The number of aliphatic hydroxyl groups is 1. The number of likely N-dealkylation sites (N-methyl/N-ethyl adjacent to an activating group) is 2. The third-order valence-electron chi connectivity index (χ3n) is 23.7. The maximum atomic E-state index is 15.0. The number of primary amides is 1. The van der Waals surface area contributed by atoms with E-state index in [4.69, 9.17) is 62.6 Å². The van der Waals surface area contributed by atoms with E-state index in [1.165, 1.54) is 55.4 Å². The van der Waals surface area contributed by atoms with Crippen LogP contribution in [0.3, 0.4) is 0 Å². The molecule has 0 spiro atoms. The zero-order valence-corrected chi connectivity index (χ0v) is 81.6. The molecule has 135 heavy (non-hydrogen) atoms. The van der Waals surface area contributed by atoms with Crippen LogP contribution in [0.15, 0.2) is 66.7 Å². The van der Waals surface area contributed by atoms with Gasteiger partial charge in [0.05, 0.1) is 154 Å². The summed E-state index contributed by atoms with van der Waals surface area (Å²) in [7, 11) is 7.63. The fourth-order valence-electron chi connectivity index (χ4n) is 16.0. The third kappa shape index (κ3) is 40.6. The molecule has 14 atom stereocenters. The normalized spacial score (nSPS) is 17.3. The van der Waals surface area contributed by atoms with Crippen molar-refractivity contribution >= 4 is 88.9 Å². The third-order valence-corrected chi connectivity index (χ3v) is 23.7. The number of urea groups is 1. The Morgan fingerprint density at radius 3 is 1.70 bits per heavy atom. The minimum atomic E-state index is -1.32. The molecule has 0 radical (unpaired) electrons. The van der Waals surface area contributed by atoms with Gasteiger partial charge in [0.2, 0.25) is 53.2 Å². The Morgan fingerprint density at radius 1 is 0.570 bits per heavy atom. The molecule has 3 aliphatic heterocycles. The minimum absolute atomic E-state index is 0.0171. The summed E-state index contributed by atoms with van der Waals surface area (Å²) in [6.45, 7) is 23.9. The van der Waals surface area contributed by atoms with Crippen molar-refractivity contribution in [2.24, 2.45) is 35.3 Å². The van der Waals surface area contributed by atoms with Crippen molar-refractivity contribution < 1.29 is 129 Å². The maximum absolute atomic E-state index is 15.0. The van der Waals surface area contributed by atoms with Crippen molar-refractivity contribution in [2.45, 2.75) is 226 Å². The highest BCUT2D eigenvalue weighted by Gasteiger charge is 2.46. The number of amides is 15. The van der Waals surface area contributed by atoms with Crippen molar-refractivity contribution in [1.82, 2.24) is 61.7 Å². The number of nitrogens with zero attached hydrogens (tertiary/aromatic N) is 5. The molecule has 2 fully saturated rings. The molecular weight excluding hydrogens is 1760 g/mol. The van der Waals surface area contributed by atoms with Gasteiger partial charge in [-0.2, -0.15) is 0 Å². The van der Waals surface area contributed by atoms with Crippen LogP contribution in [0.4, 0.5) is 20.1 Å². The van der Waals surface area contributed by atoms with Crippen LogP contribution in [0.25, 0.3) is 0 Å². The first kappa shape index (κ1) is 115. The largest absolute Gasteiger partial charge is 0.445 e. The second kappa shape index (κ2) is 63.3. The average Bonchev–Trinajstić information content (AvgIpc) is 1.80. The average molecular weight is 1910 g/mol. The SMILES string of the molecule is CC[C@H](C)[C@@H]([C@@H](CC(=O)N1CCC[C@H]1[C@H](OC)[C@@H](C)C(=O)N[C@H](C)[C@@H](O)c1ccccc1)OC)N(C)C(=O)[C@H](NC(=O)[C@H](C(C)C)N(C)C(=O)OCc1ccc(NC(=O)C(CCCNC(N)=O)NC(=O)[C@@H](NC(=O)C2C[C@@H](OC(=O)NCCC(=O)NCCOCCOCCOCCOCCOCCOCCOCCOC)CN2C(=O)CCCCCN2C(=O)C=CC2=O)C(C)C)cc1)C(C)C. The second-order valence-electron chi connectivity index (χ2n) is 34.8. The predicted octanol–water partition coefficient (Wildman–Crippen LogP) is 4.04. The molecule has 0 saturated carbocycles. The number of methoxy groups -OCH3 is 3. The monoisotopic (exact) mass is 1910 g/mol. The number of imide groups is 1. The number of unbranched alkanes of at least 4 members (excludes halogenated alkanes) is 2. The van der Waals surface area contributed by atoms with Crippen LogP contribution in [0.2, 0.25) is 0 Å². The number of nitrogens with one attached hydrogen (secondary N) is 8. The number of alkyl carbamates (subject to hydrolysis) is 1. The number of hydrogen-bond donors (Lipinski definition) is 10. The Bertz CT molecular complexity index is 3990. The number of benzene rings is 2. The maximum Gasteiger partial charge on any atom is 0.410 e. The van der Waals surface area contributed by atoms with Crippen LogP contribution in [0, 0.1) is 29.6 Å². The van der Waals surface area contributed by atoms with Crippen LogP contribution >= 0.6 is 0 Å². The molecule has 760 valence electrons. The van der Waals surface area contributed by atoms with E-state index in [-0.39, 0.29) is 120 Å². The number of rotatable bonds is 67. The fourth-order valence-corrected chi connectivity index (χ4v) is 16.0.